The van der Waals surface area contributed by atoms with Gasteiger partial charge in [0.1, 0.15) is 0 Å². The van der Waals surface area contributed by atoms with Crippen molar-refractivity contribution in [3.63, 3.8) is 0 Å². The number of nitrogens with zero attached hydrogens (tertiary/aromatic N) is 4. The maximum atomic E-state index is 4.75. The number of halogens is 1. The highest BCUT2D eigenvalue weighted by Gasteiger charge is 2.22. The van der Waals surface area contributed by atoms with E-state index in [9.17, 15) is 0 Å². The van der Waals surface area contributed by atoms with Crippen molar-refractivity contribution in [2.24, 2.45) is 4.99 Å². The first-order chi connectivity index (χ1) is 10.4. The van der Waals surface area contributed by atoms with Gasteiger partial charge in [-0.15, -0.1) is 24.0 Å². The van der Waals surface area contributed by atoms with Crippen molar-refractivity contribution in [1.29, 1.82) is 0 Å². The van der Waals surface area contributed by atoms with Crippen molar-refractivity contribution in [2.75, 3.05) is 24.5 Å². The number of hydrogen-bond acceptors (Lipinski definition) is 2. The molecule has 0 radical (unpaired) electrons. The van der Waals surface area contributed by atoms with Crippen LogP contribution in [0.1, 0.15) is 12.5 Å². The Morgan fingerprint density at radius 2 is 2.23 bits per heavy atom. The number of fused-ring (bicyclic) bond motifs is 1. The molecule has 1 N–H and O–H groups in total. The first-order valence-corrected chi connectivity index (χ1v) is 7.48. The van der Waals surface area contributed by atoms with Gasteiger partial charge < -0.3 is 14.8 Å². The second-order valence-electron chi connectivity index (χ2n) is 5.07. The molecular weight excluding hydrogens is 389 g/mol. The Balaban J connectivity index is 0.00000176. The van der Waals surface area contributed by atoms with E-state index < -0.39 is 0 Å². The van der Waals surface area contributed by atoms with E-state index in [0.29, 0.717) is 0 Å². The van der Waals surface area contributed by atoms with Crippen LogP contribution in [-0.4, -0.2) is 35.1 Å². The lowest BCUT2D eigenvalue weighted by Gasteiger charge is -2.22. The van der Waals surface area contributed by atoms with E-state index in [2.05, 4.69) is 46.4 Å². The molecule has 6 heteroatoms. The summed E-state index contributed by atoms with van der Waals surface area (Å²) >= 11 is 0. The van der Waals surface area contributed by atoms with Crippen LogP contribution in [0.3, 0.4) is 0 Å². The molecule has 118 valence electrons. The largest absolute Gasteiger partial charge is 0.356 e. The fourth-order valence-corrected chi connectivity index (χ4v) is 2.64. The smallest absolute Gasteiger partial charge is 0.198 e. The van der Waals surface area contributed by atoms with Crippen molar-refractivity contribution in [1.82, 2.24) is 14.9 Å². The molecule has 0 unspecified atom stereocenters. The summed E-state index contributed by atoms with van der Waals surface area (Å²) in [5.74, 6) is 0.975. The normalized spacial score (nSPS) is 13.7. The summed E-state index contributed by atoms with van der Waals surface area (Å²) in [6.45, 7) is 5.58. The molecule has 0 atom stereocenters. The Kier molecular flexibility index (Phi) is 6.23. The van der Waals surface area contributed by atoms with E-state index in [-0.39, 0.29) is 24.0 Å². The maximum Gasteiger partial charge on any atom is 0.198 e. The lowest BCUT2D eigenvalue weighted by Crippen LogP contribution is -2.40. The molecule has 0 saturated heterocycles. The van der Waals surface area contributed by atoms with Gasteiger partial charge >= 0.3 is 0 Å². The average molecular weight is 411 g/mol. The molecule has 0 aliphatic carbocycles. The molecule has 0 bridgehead atoms. The molecule has 0 fully saturated rings. The SMILES string of the molecule is CCNC(=NCCn1ccnc1)N1CCc2ccccc21.I. The van der Waals surface area contributed by atoms with Crippen LogP contribution in [0.15, 0.2) is 48.0 Å². The van der Waals surface area contributed by atoms with Crippen molar-refractivity contribution < 1.29 is 0 Å². The molecule has 0 amide bonds. The minimum atomic E-state index is 0. The van der Waals surface area contributed by atoms with Crippen LogP contribution in [0.4, 0.5) is 5.69 Å². The van der Waals surface area contributed by atoms with Crippen LogP contribution < -0.4 is 10.2 Å². The Morgan fingerprint density at radius 3 is 3.00 bits per heavy atom. The molecule has 5 nitrogen and oxygen atoms in total. The highest BCUT2D eigenvalue weighted by molar-refractivity contribution is 14.0. The first-order valence-electron chi connectivity index (χ1n) is 7.48. The van der Waals surface area contributed by atoms with Crippen LogP contribution in [0.2, 0.25) is 0 Å². The van der Waals surface area contributed by atoms with E-state index in [1.807, 2.05) is 17.1 Å². The number of anilines is 1. The van der Waals surface area contributed by atoms with Crippen LogP contribution in [0, 0.1) is 0 Å². The number of guanidine groups is 1. The molecule has 0 saturated carbocycles. The summed E-state index contributed by atoms with van der Waals surface area (Å²) in [7, 11) is 0. The zero-order chi connectivity index (χ0) is 14.5. The lowest BCUT2D eigenvalue weighted by atomic mass is 10.2. The Hall–Kier alpha value is -1.57. The summed E-state index contributed by atoms with van der Waals surface area (Å²) in [4.78, 5) is 11.1. The van der Waals surface area contributed by atoms with Crippen molar-refractivity contribution >= 4 is 35.6 Å². The molecule has 1 aromatic carbocycles. The van der Waals surface area contributed by atoms with Crippen LogP contribution in [-0.2, 0) is 13.0 Å². The third-order valence-electron chi connectivity index (χ3n) is 3.66. The Bertz CT molecular complexity index is 609. The molecule has 0 spiro atoms. The topological polar surface area (TPSA) is 45.5 Å². The van der Waals surface area contributed by atoms with E-state index in [0.717, 1.165) is 38.6 Å². The van der Waals surface area contributed by atoms with Gasteiger partial charge in [0, 0.05) is 37.7 Å². The highest BCUT2D eigenvalue weighted by atomic mass is 127. The maximum absolute atomic E-state index is 4.75. The molecule has 1 aliphatic heterocycles. The van der Waals surface area contributed by atoms with Gasteiger partial charge in [0.05, 0.1) is 12.9 Å². The summed E-state index contributed by atoms with van der Waals surface area (Å²) in [5.41, 5.74) is 2.68. The predicted octanol–water partition coefficient (Wildman–Crippen LogP) is 2.53. The first kappa shape index (κ1) is 16.8. The van der Waals surface area contributed by atoms with E-state index in [1.54, 1.807) is 6.20 Å². The van der Waals surface area contributed by atoms with Gasteiger partial charge in [-0.25, -0.2) is 4.98 Å². The number of para-hydroxylation sites is 1. The molecule has 1 aliphatic rings. The molecule has 2 heterocycles. The second-order valence-corrected chi connectivity index (χ2v) is 5.07. The lowest BCUT2D eigenvalue weighted by molar-refractivity contribution is 0.703. The fourth-order valence-electron chi connectivity index (χ4n) is 2.64. The molecule has 1 aromatic heterocycles. The third-order valence-corrected chi connectivity index (χ3v) is 3.66. The van der Waals surface area contributed by atoms with Crippen molar-refractivity contribution in [2.45, 2.75) is 19.9 Å². The number of aliphatic imine (C=N–C) groups is 1. The van der Waals surface area contributed by atoms with Gasteiger partial charge in [-0.05, 0) is 25.0 Å². The van der Waals surface area contributed by atoms with Crippen LogP contribution >= 0.6 is 24.0 Å². The average Bonchev–Trinajstić information content (AvgIpc) is 3.16. The minimum Gasteiger partial charge on any atom is -0.356 e. The van der Waals surface area contributed by atoms with Crippen molar-refractivity contribution in [3.05, 3.63) is 48.5 Å². The molecule has 22 heavy (non-hydrogen) atoms. The highest BCUT2D eigenvalue weighted by Crippen LogP contribution is 2.27. The predicted molar refractivity (Wildman–Crippen MR) is 101 cm³/mol. The molecule has 2 aromatic rings. The quantitative estimate of drug-likeness (QED) is 0.478. The van der Waals surface area contributed by atoms with Gasteiger partial charge in [-0.2, -0.15) is 0 Å². The number of aromatic nitrogens is 2. The Labute approximate surface area is 148 Å². The fraction of sp³-hybridized carbons (Fsp3) is 0.375. The molecule has 3 rings (SSSR count). The number of benzene rings is 1. The summed E-state index contributed by atoms with van der Waals surface area (Å²) in [6, 6.07) is 8.56. The molecular formula is C16H22IN5. The summed E-state index contributed by atoms with van der Waals surface area (Å²) in [6.07, 6.45) is 6.68. The zero-order valence-corrected chi connectivity index (χ0v) is 15.1. The minimum absolute atomic E-state index is 0. The van der Waals surface area contributed by atoms with E-state index in [4.69, 9.17) is 4.99 Å². The van der Waals surface area contributed by atoms with Crippen molar-refractivity contribution in [3.8, 4) is 0 Å². The van der Waals surface area contributed by atoms with Gasteiger partial charge in [-0.1, -0.05) is 18.2 Å². The van der Waals surface area contributed by atoms with Crippen LogP contribution in [0.25, 0.3) is 0 Å². The number of hydrogen-bond donors (Lipinski definition) is 1. The van der Waals surface area contributed by atoms with E-state index >= 15 is 0 Å². The summed E-state index contributed by atoms with van der Waals surface area (Å²) < 4.78 is 2.05. The standard InChI is InChI=1S/C16H21N5.HI/c1-2-18-16(19-9-12-20-11-8-17-13-20)21-10-7-14-5-3-4-6-15(14)21;/h3-6,8,11,13H,2,7,9-10,12H2,1H3,(H,18,19);1H. The monoisotopic (exact) mass is 411 g/mol. The third kappa shape index (κ3) is 3.79. The van der Waals surface area contributed by atoms with E-state index in [1.165, 1.54) is 11.3 Å². The Morgan fingerprint density at radius 1 is 1.36 bits per heavy atom. The van der Waals surface area contributed by atoms with Gasteiger partial charge in [0.25, 0.3) is 0 Å². The van der Waals surface area contributed by atoms with Gasteiger partial charge in [-0.3, -0.25) is 4.99 Å². The number of rotatable bonds is 4. The van der Waals surface area contributed by atoms with Gasteiger partial charge in [0.2, 0.25) is 0 Å². The summed E-state index contributed by atoms with van der Waals surface area (Å²) in [5, 5.41) is 3.40. The number of nitrogens with one attached hydrogen (secondary N) is 1. The second kappa shape index (κ2) is 8.17. The van der Waals surface area contributed by atoms with Crippen LogP contribution in [0.5, 0.6) is 0 Å². The number of imidazole rings is 1. The zero-order valence-electron chi connectivity index (χ0n) is 12.8. The van der Waals surface area contributed by atoms with Gasteiger partial charge in [0.15, 0.2) is 5.96 Å².